The van der Waals surface area contributed by atoms with Crippen molar-refractivity contribution in [1.29, 1.82) is 0 Å². The number of ether oxygens (including phenoxy) is 1. The minimum atomic E-state index is 0.614. The fourth-order valence-electron chi connectivity index (χ4n) is 1.27. The Morgan fingerprint density at radius 1 is 1.57 bits per heavy atom. The Hall–Kier alpha value is -1.35. The molecule has 1 rings (SSSR count). The molecule has 0 aliphatic carbocycles. The Bertz CT molecular complexity index is 334. The number of hydrogen-bond donors (Lipinski definition) is 1. The molecule has 0 atom stereocenters. The van der Waals surface area contributed by atoms with Crippen LogP contribution in [0.1, 0.15) is 17.7 Å². The zero-order valence-corrected chi connectivity index (χ0v) is 8.71. The molecule has 76 valence electrons. The van der Waals surface area contributed by atoms with Gasteiger partial charge in [-0.1, -0.05) is 6.58 Å². The van der Waals surface area contributed by atoms with E-state index in [1.54, 1.807) is 7.11 Å². The van der Waals surface area contributed by atoms with E-state index >= 15 is 0 Å². The molecule has 0 saturated carbocycles. The second-order valence-electron chi connectivity index (χ2n) is 3.18. The number of aromatic nitrogens is 1. The Labute approximate surface area is 84.6 Å². The molecule has 0 aromatic carbocycles. The highest BCUT2D eigenvalue weighted by atomic mass is 16.5. The van der Waals surface area contributed by atoms with E-state index in [9.17, 15) is 0 Å². The molecule has 0 aliphatic rings. The minimum Gasteiger partial charge on any atom is -0.481 e. The van der Waals surface area contributed by atoms with Crippen LogP contribution in [0.15, 0.2) is 18.7 Å². The first-order chi connectivity index (χ1) is 6.67. The van der Waals surface area contributed by atoms with Gasteiger partial charge in [-0.2, -0.15) is 0 Å². The quantitative estimate of drug-likeness (QED) is 0.790. The molecule has 0 radical (unpaired) electrons. The van der Waals surface area contributed by atoms with Gasteiger partial charge < -0.3 is 10.5 Å². The highest BCUT2D eigenvalue weighted by molar-refractivity contribution is 5.64. The van der Waals surface area contributed by atoms with Crippen molar-refractivity contribution in [2.45, 2.75) is 13.3 Å². The first-order valence-corrected chi connectivity index (χ1v) is 4.58. The largest absolute Gasteiger partial charge is 0.481 e. The number of aryl methyl sites for hydroxylation is 1. The first-order valence-electron chi connectivity index (χ1n) is 4.58. The summed E-state index contributed by atoms with van der Waals surface area (Å²) < 4.78 is 5.08. The van der Waals surface area contributed by atoms with E-state index in [0.717, 1.165) is 23.3 Å². The second kappa shape index (κ2) is 4.77. The summed E-state index contributed by atoms with van der Waals surface area (Å²) in [6.45, 7) is 6.51. The van der Waals surface area contributed by atoms with Gasteiger partial charge in [-0.05, 0) is 37.1 Å². The number of rotatable bonds is 4. The van der Waals surface area contributed by atoms with Crippen LogP contribution < -0.4 is 10.5 Å². The molecule has 1 heterocycles. The third kappa shape index (κ3) is 2.57. The Morgan fingerprint density at radius 2 is 2.29 bits per heavy atom. The topological polar surface area (TPSA) is 48.1 Å². The SMILES string of the molecule is C=C(CCN)c1cc(C)nc(OC)c1. The summed E-state index contributed by atoms with van der Waals surface area (Å²) in [4.78, 5) is 4.20. The van der Waals surface area contributed by atoms with Gasteiger partial charge in [-0.25, -0.2) is 4.98 Å². The molecule has 0 fully saturated rings. The number of nitrogens with zero attached hydrogens (tertiary/aromatic N) is 1. The van der Waals surface area contributed by atoms with Crippen LogP contribution in [0.2, 0.25) is 0 Å². The van der Waals surface area contributed by atoms with Gasteiger partial charge in [0.15, 0.2) is 0 Å². The molecule has 2 N–H and O–H groups in total. The summed E-state index contributed by atoms with van der Waals surface area (Å²) in [6, 6.07) is 3.87. The van der Waals surface area contributed by atoms with Crippen molar-refractivity contribution in [3.05, 3.63) is 30.0 Å². The molecule has 0 bridgehead atoms. The fraction of sp³-hybridized carbons (Fsp3) is 0.364. The fourth-order valence-corrected chi connectivity index (χ4v) is 1.27. The average molecular weight is 192 g/mol. The van der Waals surface area contributed by atoms with Gasteiger partial charge >= 0.3 is 0 Å². The van der Waals surface area contributed by atoms with Crippen LogP contribution in [-0.4, -0.2) is 18.6 Å². The summed E-state index contributed by atoms with van der Waals surface area (Å²) in [6.07, 6.45) is 0.798. The summed E-state index contributed by atoms with van der Waals surface area (Å²) in [7, 11) is 1.61. The number of pyridine rings is 1. The Balaban J connectivity index is 2.96. The zero-order valence-electron chi connectivity index (χ0n) is 8.71. The van der Waals surface area contributed by atoms with Crippen molar-refractivity contribution >= 4 is 5.57 Å². The monoisotopic (exact) mass is 192 g/mol. The predicted octanol–water partition coefficient (Wildman–Crippen LogP) is 1.76. The van der Waals surface area contributed by atoms with E-state index in [1.165, 1.54) is 0 Å². The van der Waals surface area contributed by atoms with E-state index in [2.05, 4.69) is 11.6 Å². The van der Waals surface area contributed by atoms with Crippen molar-refractivity contribution < 1.29 is 4.74 Å². The standard InChI is InChI=1S/C11H16N2O/c1-8(4-5-12)10-6-9(2)13-11(7-10)14-3/h6-7H,1,4-5,12H2,2-3H3. The molecule has 14 heavy (non-hydrogen) atoms. The lowest BCUT2D eigenvalue weighted by atomic mass is 10.1. The van der Waals surface area contributed by atoms with Crippen molar-refractivity contribution in [2.24, 2.45) is 5.73 Å². The maximum atomic E-state index is 5.47. The molecule has 0 aliphatic heterocycles. The van der Waals surface area contributed by atoms with Crippen LogP contribution in [0.3, 0.4) is 0 Å². The summed E-state index contributed by atoms with van der Waals surface area (Å²) in [5, 5.41) is 0. The van der Waals surface area contributed by atoms with E-state index in [4.69, 9.17) is 10.5 Å². The third-order valence-electron chi connectivity index (χ3n) is 1.99. The van der Waals surface area contributed by atoms with Gasteiger partial charge in [0.2, 0.25) is 5.88 Å². The van der Waals surface area contributed by atoms with Crippen LogP contribution in [0.4, 0.5) is 0 Å². The lowest BCUT2D eigenvalue weighted by Crippen LogP contribution is -2.00. The van der Waals surface area contributed by atoms with Gasteiger partial charge in [-0.15, -0.1) is 0 Å². The molecule has 3 heteroatoms. The Kier molecular flexibility index (Phi) is 3.65. The van der Waals surface area contributed by atoms with Crippen molar-refractivity contribution in [1.82, 2.24) is 4.98 Å². The second-order valence-corrected chi connectivity index (χ2v) is 3.18. The van der Waals surface area contributed by atoms with E-state index in [0.29, 0.717) is 12.4 Å². The van der Waals surface area contributed by atoms with Gasteiger partial charge in [0.25, 0.3) is 0 Å². The number of hydrogen-bond acceptors (Lipinski definition) is 3. The lowest BCUT2D eigenvalue weighted by Gasteiger charge is -2.07. The molecule has 1 aromatic heterocycles. The van der Waals surface area contributed by atoms with Gasteiger partial charge in [0, 0.05) is 11.8 Å². The predicted molar refractivity (Wildman–Crippen MR) is 58.2 cm³/mol. The van der Waals surface area contributed by atoms with Gasteiger partial charge in [0.05, 0.1) is 7.11 Å². The van der Waals surface area contributed by atoms with Crippen LogP contribution in [-0.2, 0) is 0 Å². The highest BCUT2D eigenvalue weighted by Gasteiger charge is 2.02. The van der Waals surface area contributed by atoms with Gasteiger partial charge in [0.1, 0.15) is 0 Å². The Morgan fingerprint density at radius 3 is 2.86 bits per heavy atom. The molecule has 0 saturated heterocycles. The molecular weight excluding hydrogens is 176 g/mol. The summed E-state index contributed by atoms with van der Waals surface area (Å²) in [5.41, 5.74) is 8.48. The van der Waals surface area contributed by atoms with E-state index < -0.39 is 0 Å². The maximum Gasteiger partial charge on any atom is 0.213 e. The normalized spacial score (nSPS) is 9.93. The smallest absolute Gasteiger partial charge is 0.213 e. The van der Waals surface area contributed by atoms with Crippen LogP contribution >= 0.6 is 0 Å². The zero-order chi connectivity index (χ0) is 10.6. The minimum absolute atomic E-state index is 0.614. The first kappa shape index (κ1) is 10.7. The maximum absolute atomic E-state index is 5.47. The van der Waals surface area contributed by atoms with Crippen molar-refractivity contribution in [2.75, 3.05) is 13.7 Å². The lowest BCUT2D eigenvalue weighted by molar-refractivity contribution is 0.397. The molecule has 3 nitrogen and oxygen atoms in total. The highest BCUT2D eigenvalue weighted by Crippen LogP contribution is 2.20. The molecule has 0 unspecified atom stereocenters. The van der Waals surface area contributed by atoms with Crippen LogP contribution in [0, 0.1) is 6.92 Å². The molecule has 0 amide bonds. The van der Waals surface area contributed by atoms with Crippen LogP contribution in [0.25, 0.3) is 5.57 Å². The molecule has 1 aromatic rings. The van der Waals surface area contributed by atoms with E-state index in [-0.39, 0.29) is 0 Å². The summed E-state index contributed by atoms with van der Waals surface area (Å²) >= 11 is 0. The van der Waals surface area contributed by atoms with Crippen molar-refractivity contribution in [3.63, 3.8) is 0 Å². The molecule has 0 spiro atoms. The van der Waals surface area contributed by atoms with E-state index in [1.807, 2.05) is 19.1 Å². The number of methoxy groups -OCH3 is 1. The number of nitrogens with two attached hydrogens (primary N) is 1. The van der Waals surface area contributed by atoms with Gasteiger partial charge in [-0.3, -0.25) is 0 Å². The average Bonchev–Trinajstić information content (AvgIpc) is 2.17. The van der Waals surface area contributed by atoms with Crippen LogP contribution in [0.5, 0.6) is 5.88 Å². The van der Waals surface area contributed by atoms with Crippen molar-refractivity contribution in [3.8, 4) is 5.88 Å². The third-order valence-corrected chi connectivity index (χ3v) is 1.99. The summed E-state index contributed by atoms with van der Waals surface area (Å²) in [5.74, 6) is 0.623. The molecular formula is C11H16N2O.